The summed E-state index contributed by atoms with van der Waals surface area (Å²) in [7, 11) is 1.73. The quantitative estimate of drug-likeness (QED) is 0.158. The van der Waals surface area contributed by atoms with Gasteiger partial charge in [-0.25, -0.2) is 0 Å². The lowest BCUT2D eigenvalue weighted by Gasteiger charge is -2.25. The molecule has 0 heterocycles. The van der Waals surface area contributed by atoms with Crippen molar-refractivity contribution in [3.63, 3.8) is 0 Å². The molecule has 5 rings (SSSR count). The minimum atomic E-state index is 0.123. The molecule has 0 saturated heterocycles. The third-order valence-electron chi connectivity index (χ3n) is 7.52. The van der Waals surface area contributed by atoms with Gasteiger partial charge < -0.3 is 9.64 Å². The monoisotopic (exact) mass is 473 g/mol. The number of ether oxygens (including phenoxy) is 1. The largest absolute Gasteiger partial charge is 0.497 e. The summed E-state index contributed by atoms with van der Waals surface area (Å²) in [6, 6.07) is 37.7. The minimum Gasteiger partial charge on any atom is -0.497 e. The van der Waals surface area contributed by atoms with E-state index in [9.17, 15) is 0 Å². The highest BCUT2D eigenvalue weighted by Gasteiger charge is 2.23. The highest BCUT2D eigenvalue weighted by molar-refractivity contribution is 6.09. The Labute approximate surface area is 215 Å². The molecule has 5 aromatic carbocycles. The minimum absolute atomic E-state index is 0.123. The fourth-order valence-corrected chi connectivity index (χ4v) is 5.51. The summed E-state index contributed by atoms with van der Waals surface area (Å²) in [6.07, 6.45) is 1.04. The molecule has 0 saturated carbocycles. The molecule has 0 bridgehead atoms. The van der Waals surface area contributed by atoms with Crippen molar-refractivity contribution in [2.24, 2.45) is 0 Å². The third-order valence-corrected chi connectivity index (χ3v) is 7.52. The van der Waals surface area contributed by atoms with Crippen molar-refractivity contribution in [3.8, 4) is 5.75 Å². The molecule has 2 heteroatoms. The molecule has 0 fully saturated rings. The summed E-state index contributed by atoms with van der Waals surface area (Å²) in [5.41, 5.74) is 5.44. The van der Waals surface area contributed by atoms with Crippen molar-refractivity contribution in [1.29, 1.82) is 0 Å². The van der Waals surface area contributed by atoms with Gasteiger partial charge in [-0.1, -0.05) is 98.8 Å². The first kappa shape index (κ1) is 24.1. The van der Waals surface area contributed by atoms with Crippen LogP contribution in [0.1, 0.15) is 42.0 Å². The number of benzene rings is 5. The van der Waals surface area contributed by atoms with Gasteiger partial charge in [-0.3, -0.25) is 0 Å². The van der Waals surface area contributed by atoms with Crippen LogP contribution in [0.25, 0.3) is 21.5 Å². The number of hydrogen-bond donors (Lipinski definition) is 0. The Morgan fingerprint density at radius 2 is 1.31 bits per heavy atom. The molecular formula is C34H35NO. The van der Waals surface area contributed by atoms with Gasteiger partial charge in [0.15, 0.2) is 0 Å². The highest BCUT2D eigenvalue weighted by Crippen LogP contribution is 2.41. The maximum atomic E-state index is 5.50. The normalized spacial score (nSPS) is 12.3. The summed E-state index contributed by atoms with van der Waals surface area (Å²) in [4.78, 5) is 2.50. The fourth-order valence-electron chi connectivity index (χ4n) is 5.51. The molecule has 2 nitrogen and oxygen atoms in total. The van der Waals surface area contributed by atoms with E-state index in [0.29, 0.717) is 0 Å². The lowest BCUT2D eigenvalue weighted by atomic mass is 9.79. The molecular weight excluding hydrogens is 438 g/mol. The van der Waals surface area contributed by atoms with E-state index in [1.165, 1.54) is 43.8 Å². The lowest BCUT2D eigenvalue weighted by molar-refractivity contribution is 0.307. The molecule has 36 heavy (non-hydrogen) atoms. The molecule has 5 aromatic rings. The zero-order valence-corrected chi connectivity index (χ0v) is 21.6. The first-order valence-corrected chi connectivity index (χ1v) is 13.1. The van der Waals surface area contributed by atoms with Gasteiger partial charge in [0.05, 0.1) is 7.11 Å². The van der Waals surface area contributed by atoms with Crippen molar-refractivity contribution in [2.75, 3.05) is 26.7 Å². The molecule has 1 unspecified atom stereocenters. The fraction of sp³-hybridized carbons (Fsp3) is 0.235. The van der Waals surface area contributed by atoms with Gasteiger partial charge in [-0.2, -0.15) is 0 Å². The van der Waals surface area contributed by atoms with Crippen molar-refractivity contribution in [3.05, 3.63) is 125 Å². The van der Waals surface area contributed by atoms with E-state index < -0.39 is 0 Å². The van der Waals surface area contributed by atoms with Gasteiger partial charge in [0.25, 0.3) is 0 Å². The van der Waals surface area contributed by atoms with Crippen molar-refractivity contribution < 1.29 is 4.74 Å². The van der Waals surface area contributed by atoms with Crippen LogP contribution in [0, 0.1) is 0 Å². The summed E-state index contributed by atoms with van der Waals surface area (Å²) >= 11 is 0. The van der Waals surface area contributed by atoms with Crippen molar-refractivity contribution in [1.82, 2.24) is 4.90 Å². The van der Waals surface area contributed by atoms with E-state index >= 15 is 0 Å². The van der Waals surface area contributed by atoms with Gasteiger partial charge in [0.2, 0.25) is 0 Å². The summed E-state index contributed by atoms with van der Waals surface area (Å²) in [6.45, 7) is 7.72. The molecule has 0 amide bonds. The van der Waals surface area contributed by atoms with Crippen LogP contribution in [0.15, 0.2) is 103 Å². The van der Waals surface area contributed by atoms with E-state index in [4.69, 9.17) is 4.74 Å². The summed E-state index contributed by atoms with van der Waals surface area (Å²) in [5.74, 6) is 1.01. The zero-order valence-electron chi connectivity index (χ0n) is 21.6. The van der Waals surface area contributed by atoms with Crippen LogP contribution in [-0.4, -0.2) is 31.6 Å². The summed E-state index contributed by atoms with van der Waals surface area (Å²) in [5, 5.41) is 5.21. The zero-order chi connectivity index (χ0) is 24.9. The molecule has 0 aliphatic rings. The van der Waals surface area contributed by atoms with Crippen LogP contribution in [0.2, 0.25) is 0 Å². The number of likely N-dealkylation sites (N-methyl/N-ethyl adjacent to an activating group) is 1. The number of rotatable bonds is 9. The first-order valence-electron chi connectivity index (χ1n) is 13.1. The van der Waals surface area contributed by atoms with Crippen molar-refractivity contribution in [2.45, 2.75) is 26.2 Å². The van der Waals surface area contributed by atoms with Gasteiger partial charge in [-0.05, 0) is 81.5 Å². The highest BCUT2D eigenvalue weighted by atomic mass is 16.5. The Bertz CT molecular complexity index is 1450. The predicted octanol–water partition coefficient (Wildman–Crippen LogP) is 8.07. The average molecular weight is 474 g/mol. The first-order chi connectivity index (χ1) is 17.7. The third kappa shape index (κ3) is 4.74. The lowest BCUT2D eigenvalue weighted by Crippen LogP contribution is -2.25. The summed E-state index contributed by atoms with van der Waals surface area (Å²) < 4.78 is 5.50. The second-order valence-corrected chi connectivity index (χ2v) is 9.41. The molecule has 0 N–H and O–H groups in total. The van der Waals surface area contributed by atoms with Gasteiger partial charge >= 0.3 is 0 Å². The SMILES string of the molecule is CCN(CC)CCc1ccccc1C(c1ccc(OC)cc1)c1cc2ccccc2c2ccccc12. The molecule has 0 aromatic heterocycles. The smallest absolute Gasteiger partial charge is 0.118 e. The molecule has 1 atom stereocenters. The topological polar surface area (TPSA) is 12.5 Å². The van der Waals surface area contributed by atoms with Crippen LogP contribution < -0.4 is 4.74 Å². The maximum Gasteiger partial charge on any atom is 0.118 e. The van der Waals surface area contributed by atoms with Crippen LogP contribution in [0.5, 0.6) is 5.75 Å². The number of hydrogen-bond acceptors (Lipinski definition) is 2. The number of nitrogens with zero attached hydrogens (tertiary/aromatic N) is 1. The molecule has 0 radical (unpaired) electrons. The Hall–Kier alpha value is -3.62. The molecule has 0 spiro atoms. The molecule has 0 aliphatic carbocycles. The van der Waals surface area contributed by atoms with Crippen LogP contribution in [-0.2, 0) is 6.42 Å². The Balaban J connectivity index is 1.74. The Morgan fingerprint density at radius 1 is 0.667 bits per heavy atom. The van der Waals surface area contributed by atoms with E-state index in [0.717, 1.165) is 31.8 Å². The standard InChI is InChI=1S/C34H35NO/c1-4-35(5-2)23-22-25-12-6-9-15-30(25)34(26-18-20-28(36-3)21-19-26)33-24-27-13-7-8-14-29(27)31-16-10-11-17-32(31)33/h6-21,24,34H,4-5,22-23H2,1-3H3. The van der Waals surface area contributed by atoms with E-state index in [1.807, 2.05) is 0 Å². The van der Waals surface area contributed by atoms with Crippen LogP contribution >= 0.6 is 0 Å². The van der Waals surface area contributed by atoms with Crippen LogP contribution in [0.3, 0.4) is 0 Å². The average Bonchev–Trinajstić information content (AvgIpc) is 2.95. The Morgan fingerprint density at radius 3 is 2.03 bits per heavy atom. The number of fused-ring (bicyclic) bond motifs is 3. The van der Waals surface area contributed by atoms with Gasteiger partial charge in [0, 0.05) is 12.5 Å². The second kappa shape index (κ2) is 11.0. The molecule has 0 aliphatic heterocycles. The second-order valence-electron chi connectivity index (χ2n) is 9.41. The molecule has 182 valence electrons. The van der Waals surface area contributed by atoms with E-state index in [2.05, 4.69) is 122 Å². The van der Waals surface area contributed by atoms with E-state index in [-0.39, 0.29) is 5.92 Å². The van der Waals surface area contributed by atoms with E-state index in [1.54, 1.807) is 7.11 Å². The van der Waals surface area contributed by atoms with Gasteiger partial charge in [-0.15, -0.1) is 0 Å². The van der Waals surface area contributed by atoms with Crippen molar-refractivity contribution >= 4 is 21.5 Å². The van der Waals surface area contributed by atoms with Gasteiger partial charge in [0.1, 0.15) is 5.75 Å². The Kier molecular flexibility index (Phi) is 7.34. The maximum absolute atomic E-state index is 5.50. The van der Waals surface area contributed by atoms with Crippen LogP contribution in [0.4, 0.5) is 0 Å². The predicted molar refractivity (Wildman–Crippen MR) is 153 cm³/mol. The number of methoxy groups -OCH3 is 1.